The van der Waals surface area contributed by atoms with Crippen LogP contribution in [0.15, 0.2) is 0 Å². The second-order valence-electron chi connectivity index (χ2n) is 5.14. The van der Waals surface area contributed by atoms with Crippen LogP contribution in [0.25, 0.3) is 0 Å². The molecule has 1 N–H and O–H groups in total. The summed E-state index contributed by atoms with van der Waals surface area (Å²) in [7, 11) is -2.82. The van der Waals surface area contributed by atoms with Gasteiger partial charge in [-0.1, -0.05) is 0 Å². The van der Waals surface area contributed by atoms with Crippen molar-refractivity contribution in [3.05, 3.63) is 0 Å². The lowest BCUT2D eigenvalue weighted by atomic mass is 10.2. The van der Waals surface area contributed by atoms with Crippen LogP contribution < -0.4 is 5.32 Å². The number of rotatable bonds is 6. The van der Waals surface area contributed by atoms with Crippen molar-refractivity contribution >= 4 is 9.84 Å². The van der Waals surface area contributed by atoms with Crippen LogP contribution >= 0.6 is 0 Å². The van der Waals surface area contributed by atoms with Crippen LogP contribution in [0.4, 0.5) is 0 Å². The lowest BCUT2D eigenvalue weighted by Gasteiger charge is -2.24. The smallest absolute Gasteiger partial charge is 0.148 e. The highest BCUT2D eigenvalue weighted by molar-refractivity contribution is 7.90. The van der Waals surface area contributed by atoms with Crippen LogP contribution in [-0.4, -0.2) is 57.0 Å². The standard InChI is InChI=1S/C11H22N2O2S/c1-16(14,15)8-7-13-6-2-3-11(13)9-12-10-4-5-10/h10-12H,2-9H2,1H3. The molecule has 1 saturated carbocycles. The maximum absolute atomic E-state index is 11.1. The fourth-order valence-electron chi connectivity index (χ4n) is 2.29. The Morgan fingerprint density at radius 1 is 1.31 bits per heavy atom. The van der Waals surface area contributed by atoms with Gasteiger partial charge in [0.1, 0.15) is 9.84 Å². The number of hydrogen-bond acceptors (Lipinski definition) is 4. The molecular weight excluding hydrogens is 224 g/mol. The number of nitrogens with one attached hydrogen (secondary N) is 1. The van der Waals surface area contributed by atoms with Crippen molar-refractivity contribution in [2.45, 2.75) is 37.8 Å². The maximum atomic E-state index is 11.1. The minimum absolute atomic E-state index is 0.299. The van der Waals surface area contributed by atoms with E-state index in [-0.39, 0.29) is 0 Å². The Morgan fingerprint density at radius 2 is 2.06 bits per heavy atom. The van der Waals surface area contributed by atoms with Gasteiger partial charge in [-0.2, -0.15) is 0 Å². The van der Waals surface area contributed by atoms with Gasteiger partial charge in [0.15, 0.2) is 0 Å². The molecule has 0 aromatic carbocycles. The van der Waals surface area contributed by atoms with Gasteiger partial charge in [0.05, 0.1) is 5.75 Å². The van der Waals surface area contributed by atoms with E-state index >= 15 is 0 Å². The van der Waals surface area contributed by atoms with E-state index < -0.39 is 9.84 Å². The zero-order chi connectivity index (χ0) is 11.6. The average Bonchev–Trinajstić information content (AvgIpc) is 2.90. The number of hydrogen-bond donors (Lipinski definition) is 1. The summed E-state index contributed by atoms with van der Waals surface area (Å²) >= 11 is 0. The monoisotopic (exact) mass is 246 g/mol. The molecule has 1 atom stereocenters. The largest absolute Gasteiger partial charge is 0.312 e. The second-order valence-corrected chi connectivity index (χ2v) is 7.40. The van der Waals surface area contributed by atoms with Gasteiger partial charge in [0.2, 0.25) is 0 Å². The molecule has 1 saturated heterocycles. The zero-order valence-corrected chi connectivity index (χ0v) is 10.8. The van der Waals surface area contributed by atoms with Crippen molar-refractivity contribution in [2.75, 3.05) is 31.6 Å². The SMILES string of the molecule is CS(=O)(=O)CCN1CCCC1CNC1CC1. The molecule has 2 rings (SSSR count). The number of nitrogens with zero attached hydrogens (tertiary/aromatic N) is 1. The van der Waals surface area contributed by atoms with Gasteiger partial charge >= 0.3 is 0 Å². The second kappa shape index (κ2) is 5.02. The Labute approximate surface area is 98.3 Å². The molecule has 94 valence electrons. The molecule has 0 amide bonds. The van der Waals surface area contributed by atoms with Crippen LogP contribution in [0.5, 0.6) is 0 Å². The van der Waals surface area contributed by atoms with Crippen molar-refractivity contribution in [3.8, 4) is 0 Å². The summed E-state index contributed by atoms with van der Waals surface area (Å²) in [4.78, 5) is 2.33. The highest BCUT2D eigenvalue weighted by Gasteiger charge is 2.27. The van der Waals surface area contributed by atoms with Gasteiger partial charge in [-0.05, 0) is 32.2 Å². The number of sulfone groups is 1. The third-order valence-electron chi connectivity index (χ3n) is 3.47. The Bertz CT molecular complexity index is 325. The van der Waals surface area contributed by atoms with Crippen LogP contribution in [-0.2, 0) is 9.84 Å². The molecule has 1 heterocycles. The van der Waals surface area contributed by atoms with Crippen LogP contribution in [0, 0.1) is 0 Å². The molecule has 1 aliphatic carbocycles. The lowest BCUT2D eigenvalue weighted by Crippen LogP contribution is -2.40. The summed E-state index contributed by atoms with van der Waals surface area (Å²) in [5.41, 5.74) is 0. The molecule has 5 heteroatoms. The van der Waals surface area contributed by atoms with E-state index in [1.54, 1.807) is 0 Å². The van der Waals surface area contributed by atoms with Gasteiger partial charge in [-0.25, -0.2) is 8.42 Å². The fourth-order valence-corrected chi connectivity index (χ4v) is 2.86. The first-order valence-corrected chi connectivity index (χ1v) is 8.26. The van der Waals surface area contributed by atoms with Gasteiger partial charge in [0.25, 0.3) is 0 Å². The topological polar surface area (TPSA) is 49.4 Å². The van der Waals surface area contributed by atoms with Gasteiger partial charge in [0, 0.05) is 31.4 Å². The molecule has 1 aliphatic heterocycles. The fraction of sp³-hybridized carbons (Fsp3) is 1.00. The van der Waals surface area contributed by atoms with Gasteiger partial charge < -0.3 is 5.32 Å². The predicted molar refractivity (Wildman–Crippen MR) is 65.3 cm³/mol. The van der Waals surface area contributed by atoms with Crippen LogP contribution in [0.2, 0.25) is 0 Å². The summed E-state index contributed by atoms with van der Waals surface area (Å²) in [6, 6.07) is 1.31. The average molecular weight is 246 g/mol. The Balaban J connectivity index is 1.73. The third kappa shape index (κ3) is 4.03. The Morgan fingerprint density at radius 3 is 2.69 bits per heavy atom. The first kappa shape index (κ1) is 12.3. The minimum atomic E-state index is -2.82. The highest BCUT2D eigenvalue weighted by atomic mass is 32.2. The van der Waals surface area contributed by atoms with Gasteiger partial charge in [-0.3, -0.25) is 4.90 Å². The maximum Gasteiger partial charge on any atom is 0.148 e. The normalized spacial score (nSPS) is 27.4. The first-order valence-electron chi connectivity index (χ1n) is 6.20. The van der Waals surface area contributed by atoms with Crippen molar-refractivity contribution in [2.24, 2.45) is 0 Å². The molecule has 0 radical (unpaired) electrons. The quantitative estimate of drug-likeness (QED) is 0.730. The third-order valence-corrected chi connectivity index (χ3v) is 4.39. The van der Waals surface area contributed by atoms with Crippen LogP contribution in [0.1, 0.15) is 25.7 Å². The van der Waals surface area contributed by atoms with Crippen molar-refractivity contribution in [3.63, 3.8) is 0 Å². The molecule has 0 aromatic rings. The molecule has 4 nitrogen and oxygen atoms in total. The van der Waals surface area contributed by atoms with Crippen molar-refractivity contribution < 1.29 is 8.42 Å². The van der Waals surface area contributed by atoms with Gasteiger partial charge in [-0.15, -0.1) is 0 Å². The van der Waals surface area contributed by atoms with E-state index in [0.717, 1.165) is 19.1 Å². The van der Waals surface area contributed by atoms with E-state index in [2.05, 4.69) is 10.2 Å². The molecular formula is C11H22N2O2S. The lowest BCUT2D eigenvalue weighted by molar-refractivity contribution is 0.260. The van der Waals surface area contributed by atoms with E-state index in [0.29, 0.717) is 18.3 Å². The molecule has 0 bridgehead atoms. The van der Waals surface area contributed by atoms with E-state index in [4.69, 9.17) is 0 Å². The summed E-state index contributed by atoms with van der Waals surface area (Å²) in [5, 5.41) is 3.53. The van der Waals surface area contributed by atoms with E-state index in [1.807, 2.05) is 0 Å². The minimum Gasteiger partial charge on any atom is -0.312 e. The highest BCUT2D eigenvalue weighted by Crippen LogP contribution is 2.21. The van der Waals surface area contributed by atoms with E-state index in [9.17, 15) is 8.42 Å². The molecule has 2 fully saturated rings. The summed E-state index contributed by atoms with van der Waals surface area (Å²) < 4.78 is 22.3. The summed E-state index contributed by atoms with van der Waals surface area (Å²) in [5.74, 6) is 0.299. The van der Waals surface area contributed by atoms with Crippen molar-refractivity contribution in [1.82, 2.24) is 10.2 Å². The molecule has 1 unspecified atom stereocenters. The first-order chi connectivity index (χ1) is 7.54. The molecule has 2 aliphatic rings. The Kier molecular flexibility index (Phi) is 3.87. The molecule has 0 aromatic heterocycles. The van der Waals surface area contributed by atoms with Crippen molar-refractivity contribution in [1.29, 1.82) is 0 Å². The molecule has 0 spiro atoms. The van der Waals surface area contributed by atoms with E-state index in [1.165, 1.54) is 31.9 Å². The summed E-state index contributed by atoms with van der Waals surface area (Å²) in [6.45, 7) is 2.80. The zero-order valence-electron chi connectivity index (χ0n) is 9.98. The predicted octanol–water partition coefficient (Wildman–Crippen LogP) is 0.247. The van der Waals surface area contributed by atoms with Crippen LogP contribution in [0.3, 0.4) is 0 Å². The molecule has 16 heavy (non-hydrogen) atoms. The Hall–Kier alpha value is -0.130. The number of likely N-dealkylation sites (tertiary alicyclic amines) is 1. The summed E-state index contributed by atoms with van der Waals surface area (Å²) in [6.07, 6.45) is 6.37.